The van der Waals surface area contributed by atoms with E-state index >= 15 is 0 Å². The first kappa shape index (κ1) is 17.1. The third-order valence-electron chi connectivity index (χ3n) is 4.42. The van der Waals surface area contributed by atoms with Gasteiger partial charge in [-0.2, -0.15) is 0 Å². The number of fused-ring (bicyclic) bond motifs is 1. The molecule has 0 saturated heterocycles. The minimum Gasteiger partial charge on any atom is -0.493 e. The highest BCUT2D eigenvalue weighted by Gasteiger charge is 2.31. The number of amides is 1. The highest BCUT2D eigenvalue weighted by molar-refractivity contribution is 7.10. The number of halogens is 1. The monoisotopic (exact) mass is 365 g/mol. The van der Waals surface area contributed by atoms with Crippen LogP contribution in [0.4, 0.5) is 0 Å². The molecule has 0 fully saturated rings. The maximum atomic E-state index is 13.1. The van der Waals surface area contributed by atoms with Crippen LogP contribution < -0.4 is 9.47 Å². The fourth-order valence-electron chi connectivity index (χ4n) is 3.29. The van der Waals surface area contributed by atoms with Crippen molar-refractivity contribution in [1.29, 1.82) is 0 Å². The third-order valence-corrected chi connectivity index (χ3v) is 5.70. The van der Waals surface area contributed by atoms with Crippen molar-refractivity contribution >= 4 is 28.8 Å². The number of nitrogens with zero attached hydrogens (tertiary/aromatic N) is 1. The largest absolute Gasteiger partial charge is 0.493 e. The van der Waals surface area contributed by atoms with Crippen molar-refractivity contribution in [3.63, 3.8) is 0 Å². The molecule has 6 heteroatoms. The number of carbonyl (C=O) groups excluding carboxylic acids is 1. The quantitative estimate of drug-likeness (QED) is 0.796. The molecule has 0 radical (unpaired) electrons. The molecule has 0 spiro atoms. The van der Waals surface area contributed by atoms with Crippen LogP contribution in [-0.4, -0.2) is 31.6 Å². The van der Waals surface area contributed by atoms with Crippen molar-refractivity contribution in [2.24, 2.45) is 0 Å². The van der Waals surface area contributed by atoms with Crippen LogP contribution in [0.5, 0.6) is 11.5 Å². The molecule has 4 nitrogen and oxygen atoms in total. The Morgan fingerprint density at radius 3 is 2.83 bits per heavy atom. The van der Waals surface area contributed by atoms with Gasteiger partial charge in [0.2, 0.25) is 0 Å². The molecule has 2 heterocycles. The van der Waals surface area contributed by atoms with Gasteiger partial charge in [-0.3, -0.25) is 4.79 Å². The molecule has 1 atom stereocenters. The average molecular weight is 366 g/mol. The zero-order valence-corrected chi connectivity index (χ0v) is 15.5. The minimum atomic E-state index is -0.0263. The van der Waals surface area contributed by atoms with Gasteiger partial charge in [-0.05, 0) is 42.0 Å². The number of hydrogen-bond acceptors (Lipinski definition) is 4. The fourth-order valence-corrected chi connectivity index (χ4v) is 4.50. The zero-order valence-electron chi connectivity index (χ0n) is 14.0. The molecule has 1 aromatic carbocycles. The molecule has 0 unspecified atom stereocenters. The maximum absolute atomic E-state index is 13.1. The van der Waals surface area contributed by atoms with Gasteiger partial charge in [-0.15, -0.1) is 11.3 Å². The van der Waals surface area contributed by atoms with Crippen LogP contribution in [0.3, 0.4) is 0 Å². The Morgan fingerprint density at radius 2 is 2.17 bits per heavy atom. The Balaban J connectivity index is 1.96. The van der Waals surface area contributed by atoms with Crippen molar-refractivity contribution in [3.8, 4) is 11.5 Å². The Morgan fingerprint density at radius 1 is 1.38 bits per heavy atom. The lowest BCUT2D eigenvalue weighted by Gasteiger charge is -2.35. The summed E-state index contributed by atoms with van der Waals surface area (Å²) in [6, 6.07) is 5.60. The predicted octanol–water partition coefficient (Wildman–Crippen LogP) is 4.57. The van der Waals surface area contributed by atoms with Crippen molar-refractivity contribution in [1.82, 2.24) is 4.90 Å². The predicted molar refractivity (Wildman–Crippen MR) is 96.6 cm³/mol. The fraction of sp³-hybridized carbons (Fsp3) is 0.389. The lowest BCUT2D eigenvalue weighted by atomic mass is 9.97. The van der Waals surface area contributed by atoms with Gasteiger partial charge in [0.1, 0.15) is 0 Å². The van der Waals surface area contributed by atoms with Gasteiger partial charge in [-0.1, -0.05) is 18.5 Å². The Labute approximate surface area is 150 Å². The van der Waals surface area contributed by atoms with Gasteiger partial charge in [0.25, 0.3) is 5.91 Å². The SMILES string of the molecule is CC[C@H]1c2ccsc2CCN1C(=O)c1cc(Cl)c(OC)c(OC)c1. The summed E-state index contributed by atoms with van der Waals surface area (Å²) < 4.78 is 10.6. The van der Waals surface area contributed by atoms with Gasteiger partial charge in [0.15, 0.2) is 11.5 Å². The Bertz CT molecular complexity index is 759. The maximum Gasteiger partial charge on any atom is 0.254 e. The summed E-state index contributed by atoms with van der Waals surface area (Å²) in [5.41, 5.74) is 1.79. The summed E-state index contributed by atoms with van der Waals surface area (Å²) in [5, 5.41) is 2.48. The molecular formula is C18H20ClNO3S. The number of rotatable bonds is 4. The molecule has 3 rings (SSSR count). The Kier molecular flexibility index (Phi) is 5.01. The molecule has 0 aliphatic carbocycles. The van der Waals surface area contributed by atoms with Crippen molar-refractivity contribution in [2.45, 2.75) is 25.8 Å². The van der Waals surface area contributed by atoms with Crippen LogP contribution in [0, 0.1) is 0 Å². The topological polar surface area (TPSA) is 38.8 Å². The number of thiophene rings is 1. The zero-order chi connectivity index (χ0) is 17.3. The second kappa shape index (κ2) is 7.03. The van der Waals surface area contributed by atoms with Gasteiger partial charge in [-0.25, -0.2) is 0 Å². The summed E-state index contributed by atoms with van der Waals surface area (Å²) in [6.07, 6.45) is 1.78. The third kappa shape index (κ3) is 2.87. The first-order valence-corrected chi connectivity index (χ1v) is 9.15. The smallest absolute Gasteiger partial charge is 0.254 e. The highest BCUT2D eigenvalue weighted by Crippen LogP contribution is 2.39. The number of ether oxygens (including phenoxy) is 2. The number of methoxy groups -OCH3 is 2. The van der Waals surface area contributed by atoms with Gasteiger partial charge >= 0.3 is 0 Å². The van der Waals surface area contributed by atoms with Gasteiger partial charge in [0.05, 0.1) is 25.3 Å². The number of carbonyl (C=O) groups is 1. The van der Waals surface area contributed by atoms with E-state index in [1.807, 2.05) is 4.90 Å². The van der Waals surface area contributed by atoms with E-state index in [0.29, 0.717) is 22.1 Å². The van der Waals surface area contributed by atoms with E-state index in [0.717, 1.165) is 19.4 Å². The second-order valence-corrected chi connectivity index (χ2v) is 7.07. The lowest BCUT2D eigenvalue weighted by molar-refractivity contribution is 0.0657. The van der Waals surface area contributed by atoms with E-state index < -0.39 is 0 Å². The normalized spacial score (nSPS) is 16.7. The summed E-state index contributed by atoms with van der Waals surface area (Å²) in [7, 11) is 3.07. The van der Waals surface area contributed by atoms with Crippen molar-refractivity contribution in [3.05, 3.63) is 44.6 Å². The highest BCUT2D eigenvalue weighted by atomic mass is 35.5. The summed E-state index contributed by atoms with van der Waals surface area (Å²) in [5.74, 6) is 0.887. The molecule has 0 saturated carbocycles. The molecular weight excluding hydrogens is 346 g/mol. The standard InChI is InChI=1S/C18H20ClNO3S/c1-4-14-12-6-8-24-16(12)5-7-20(14)18(21)11-9-13(19)17(23-3)15(10-11)22-2/h6,8-10,14H,4-5,7H2,1-3H3/t14-/m0/s1. The van der Waals surface area contributed by atoms with E-state index in [-0.39, 0.29) is 11.9 Å². The van der Waals surface area contributed by atoms with Crippen LogP contribution >= 0.6 is 22.9 Å². The van der Waals surface area contributed by atoms with Crippen molar-refractivity contribution < 1.29 is 14.3 Å². The molecule has 1 amide bonds. The van der Waals surface area contributed by atoms with Crippen LogP contribution in [0.1, 0.15) is 40.2 Å². The Hall–Kier alpha value is -1.72. The first-order chi connectivity index (χ1) is 11.6. The van der Waals surface area contributed by atoms with E-state index in [9.17, 15) is 4.79 Å². The number of benzene rings is 1. The number of hydrogen-bond donors (Lipinski definition) is 0. The molecule has 24 heavy (non-hydrogen) atoms. The van der Waals surface area contributed by atoms with Crippen LogP contribution in [0.2, 0.25) is 5.02 Å². The summed E-state index contributed by atoms with van der Waals surface area (Å²) >= 11 is 8.03. The first-order valence-electron chi connectivity index (χ1n) is 7.89. The van der Waals surface area contributed by atoms with E-state index in [1.54, 1.807) is 23.5 Å². The van der Waals surface area contributed by atoms with Gasteiger partial charge < -0.3 is 14.4 Å². The van der Waals surface area contributed by atoms with Crippen molar-refractivity contribution in [2.75, 3.05) is 20.8 Å². The lowest BCUT2D eigenvalue weighted by Crippen LogP contribution is -2.39. The average Bonchev–Trinajstić information content (AvgIpc) is 3.08. The van der Waals surface area contributed by atoms with E-state index in [2.05, 4.69) is 18.4 Å². The van der Waals surface area contributed by atoms with E-state index in [1.165, 1.54) is 24.7 Å². The van der Waals surface area contributed by atoms with Gasteiger partial charge in [0, 0.05) is 17.0 Å². The molecule has 1 aliphatic rings. The summed E-state index contributed by atoms with van der Waals surface area (Å²) in [6.45, 7) is 2.83. The van der Waals surface area contributed by atoms with E-state index in [4.69, 9.17) is 21.1 Å². The summed E-state index contributed by atoms with van der Waals surface area (Å²) in [4.78, 5) is 16.4. The minimum absolute atomic E-state index is 0.0263. The van der Waals surface area contributed by atoms with Crippen LogP contribution in [0.25, 0.3) is 0 Å². The molecule has 0 bridgehead atoms. The molecule has 1 aromatic heterocycles. The second-order valence-electron chi connectivity index (χ2n) is 5.67. The molecule has 128 valence electrons. The molecule has 0 N–H and O–H groups in total. The van der Waals surface area contributed by atoms with Crippen LogP contribution in [-0.2, 0) is 6.42 Å². The van der Waals surface area contributed by atoms with Crippen LogP contribution in [0.15, 0.2) is 23.6 Å². The molecule has 1 aliphatic heterocycles. The molecule has 2 aromatic rings.